The molecule has 0 unspecified atom stereocenters. The normalized spacial score (nSPS) is 15.5. The van der Waals surface area contributed by atoms with Gasteiger partial charge in [0, 0.05) is 46.5 Å². The number of piperazine rings is 1. The van der Waals surface area contributed by atoms with Crippen molar-refractivity contribution in [1.29, 1.82) is 0 Å². The van der Waals surface area contributed by atoms with Crippen LogP contribution in [-0.4, -0.2) is 71.3 Å². The van der Waals surface area contributed by atoms with Crippen LogP contribution < -0.4 is 5.73 Å². The number of nitrogens with two attached hydrogens (primary N) is 1. The van der Waals surface area contributed by atoms with Gasteiger partial charge in [0.2, 0.25) is 5.91 Å². The molecule has 0 radical (unpaired) electrons. The van der Waals surface area contributed by atoms with Gasteiger partial charge in [0.15, 0.2) is 5.69 Å². The number of rotatable bonds is 3. The Morgan fingerprint density at radius 1 is 1.30 bits per heavy atom. The summed E-state index contributed by atoms with van der Waals surface area (Å²) in [5.74, 6) is -0.251. The lowest BCUT2D eigenvalue weighted by Gasteiger charge is -2.34. The number of nitrogens with zero attached hydrogens (tertiary/aromatic N) is 4. The predicted octanol–water partition coefficient (Wildman–Crippen LogP) is -1.07. The molecular formula is C12H19N5O3. The second-order valence-corrected chi connectivity index (χ2v) is 4.71. The Hall–Kier alpha value is -2.09. The van der Waals surface area contributed by atoms with Crippen molar-refractivity contribution in [3.8, 4) is 0 Å². The van der Waals surface area contributed by atoms with Crippen molar-refractivity contribution >= 4 is 17.5 Å². The molecule has 1 aromatic heterocycles. The minimum absolute atomic E-state index is 0.0584. The van der Waals surface area contributed by atoms with Gasteiger partial charge < -0.3 is 20.3 Å². The number of carbonyl (C=O) groups is 2. The van der Waals surface area contributed by atoms with Gasteiger partial charge in [0.25, 0.3) is 5.91 Å². The van der Waals surface area contributed by atoms with E-state index in [9.17, 15) is 9.59 Å². The Morgan fingerprint density at radius 2 is 1.90 bits per heavy atom. The standard InChI is InChI=1S/C12H19N5O3/c1-15-7-9(13)11(14-15)12(19)17-5-3-16(4-6-17)10(18)8-20-2/h7H,3-6,8,13H2,1-2H3. The Morgan fingerprint density at radius 3 is 2.40 bits per heavy atom. The molecule has 2 N–H and O–H groups in total. The smallest absolute Gasteiger partial charge is 0.276 e. The molecule has 2 rings (SSSR count). The number of carbonyl (C=O) groups excluding carboxylic acids is 2. The molecule has 0 spiro atoms. The van der Waals surface area contributed by atoms with E-state index in [4.69, 9.17) is 10.5 Å². The highest BCUT2D eigenvalue weighted by atomic mass is 16.5. The van der Waals surface area contributed by atoms with Gasteiger partial charge in [-0.15, -0.1) is 0 Å². The quantitative estimate of drug-likeness (QED) is 0.761. The first-order valence-corrected chi connectivity index (χ1v) is 6.38. The summed E-state index contributed by atoms with van der Waals surface area (Å²) in [4.78, 5) is 27.3. The molecule has 110 valence electrons. The molecule has 1 saturated heterocycles. The van der Waals surface area contributed by atoms with Gasteiger partial charge in [0.05, 0.1) is 5.69 Å². The van der Waals surface area contributed by atoms with Gasteiger partial charge in [-0.3, -0.25) is 14.3 Å². The lowest BCUT2D eigenvalue weighted by molar-refractivity contribution is -0.136. The van der Waals surface area contributed by atoms with E-state index in [-0.39, 0.29) is 24.1 Å². The summed E-state index contributed by atoms with van der Waals surface area (Å²) in [5, 5.41) is 4.07. The summed E-state index contributed by atoms with van der Waals surface area (Å²) in [6, 6.07) is 0. The average molecular weight is 281 g/mol. The molecule has 0 saturated carbocycles. The van der Waals surface area contributed by atoms with E-state index in [1.807, 2.05) is 0 Å². The molecule has 0 bridgehead atoms. The fourth-order valence-corrected chi connectivity index (χ4v) is 2.20. The van der Waals surface area contributed by atoms with Crippen LogP contribution in [0.3, 0.4) is 0 Å². The summed E-state index contributed by atoms with van der Waals surface area (Å²) in [6.07, 6.45) is 1.60. The molecule has 1 aliphatic rings. The molecule has 8 nitrogen and oxygen atoms in total. The van der Waals surface area contributed by atoms with Gasteiger partial charge in [-0.1, -0.05) is 0 Å². The number of ether oxygens (including phenoxy) is 1. The van der Waals surface area contributed by atoms with E-state index in [1.54, 1.807) is 23.0 Å². The number of nitrogen functional groups attached to an aromatic ring is 1. The highest BCUT2D eigenvalue weighted by Crippen LogP contribution is 2.13. The number of methoxy groups -OCH3 is 1. The maximum Gasteiger partial charge on any atom is 0.276 e. The monoisotopic (exact) mass is 281 g/mol. The second kappa shape index (κ2) is 5.91. The highest BCUT2D eigenvalue weighted by Gasteiger charge is 2.27. The number of hydrogen-bond donors (Lipinski definition) is 1. The molecule has 1 aromatic rings. The van der Waals surface area contributed by atoms with Gasteiger partial charge in [-0.2, -0.15) is 5.10 Å². The molecule has 1 fully saturated rings. The summed E-state index contributed by atoms with van der Waals surface area (Å²) in [6.45, 7) is 2.02. The van der Waals surface area contributed by atoms with Crippen LogP contribution in [0.25, 0.3) is 0 Å². The second-order valence-electron chi connectivity index (χ2n) is 4.71. The van der Waals surface area contributed by atoms with E-state index in [2.05, 4.69) is 5.10 Å². The lowest BCUT2D eigenvalue weighted by Crippen LogP contribution is -2.51. The molecule has 1 aliphatic heterocycles. The van der Waals surface area contributed by atoms with Crippen molar-refractivity contribution < 1.29 is 14.3 Å². The number of amides is 2. The van der Waals surface area contributed by atoms with Crippen LogP contribution in [-0.2, 0) is 16.6 Å². The molecule has 20 heavy (non-hydrogen) atoms. The van der Waals surface area contributed by atoms with Crippen molar-refractivity contribution in [2.75, 3.05) is 45.6 Å². The fraction of sp³-hybridized carbons (Fsp3) is 0.583. The Bertz CT molecular complexity index is 505. The topological polar surface area (TPSA) is 93.7 Å². The Labute approximate surface area is 117 Å². The number of anilines is 1. The lowest BCUT2D eigenvalue weighted by atomic mass is 10.2. The van der Waals surface area contributed by atoms with Crippen LogP contribution in [0, 0.1) is 0 Å². The third kappa shape index (κ3) is 2.90. The van der Waals surface area contributed by atoms with Gasteiger partial charge in [-0.25, -0.2) is 0 Å². The minimum atomic E-state index is -0.193. The van der Waals surface area contributed by atoms with Crippen LogP contribution in [0.1, 0.15) is 10.5 Å². The molecule has 0 aromatic carbocycles. The van der Waals surface area contributed by atoms with E-state index in [1.165, 1.54) is 11.8 Å². The Balaban J connectivity index is 1.95. The summed E-state index contributed by atoms with van der Waals surface area (Å²) in [7, 11) is 3.20. The first kappa shape index (κ1) is 14.3. The summed E-state index contributed by atoms with van der Waals surface area (Å²) in [5.41, 5.74) is 6.39. The molecular weight excluding hydrogens is 262 g/mol. The van der Waals surface area contributed by atoms with E-state index >= 15 is 0 Å². The average Bonchev–Trinajstić information content (AvgIpc) is 2.77. The number of aromatic nitrogens is 2. The summed E-state index contributed by atoms with van der Waals surface area (Å²) < 4.78 is 6.33. The van der Waals surface area contributed by atoms with Crippen LogP contribution in [0.2, 0.25) is 0 Å². The minimum Gasteiger partial charge on any atom is -0.396 e. The highest BCUT2D eigenvalue weighted by molar-refractivity contribution is 5.97. The van der Waals surface area contributed by atoms with Gasteiger partial charge >= 0.3 is 0 Å². The zero-order valence-electron chi connectivity index (χ0n) is 11.7. The summed E-state index contributed by atoms with van der Waals surface area (Å²) >= 11 is 0. The van der Waals surface area contributed by atoms with Crippen molar-refractivity contribution in [3.63, 3.8) is 0 Å². The largest absolute Gasteiger partial charge is 0.396 e. The number of hydrogen-bond acceptors (Lipinski definition) is 5. The molecule has 0 aliphatic carbocycles. The molecule has 0 atom stereocenters. The Kier molecular flexibility index (Phi) is 4.23. The molecule has 2 heterocycles. The third-order valence-corrected chi connectivity index (χ3v) is 3.25. The van der Waals surface area contributed by atoms with Crippen LogP contribution in [0.15, 0.2) is 6.20 Å². The van der Waals surface area contributed by atoms with E-state index in [0.29, 0.717) is 31.9 Å². The first-order valence-electron chi connectivity index (χ1n) is 6.38. The van der Waals surface area contributed by atoms with Crippen molar-refractivity contribution in [2.45, 2.75) is 0 Å². The van der Waals surface area contributed by atoms with Crippen molar-refractivity contribution in [1.82, 2.24) is 19.6 Å². The van der Waals surface area contributed by atoms with Crippen LogP contribution in [0.5, 0.6) is 0 Å². The van der Waals surface area contributed by atoms with Crippen molar-refractivity contribution in [3.05, 3.63) is 11.9 Å². The zero-order valence-corrected chi connectivity index (χ0v) is 11.7. The maximum atomic E-state index is 12.3. The molecule has 8 heteroatoms. The van der Waals surface area contributed by atoms with Crippen molar-refractivity contribution in [2.24, 2.45) is 7.05 Å². The number of aryl methyl sites for hydroxylation is 1. The fourth-order valence-electron chi connectivity index (χ4n) is 2.20. The SMILES string of the molecule is COCC(=O)N1CCN(C(=O)c2nn(C)cc2N)CC1. The predicted molar refractivity (Wildman–Crippen MR) is 72.0 cm³/mol. The maximum absolute atomic E-state index is 12.3. The van der Waals surface area contributed by atoms with E-state index in [0.717, 1.165) is 0 Å². The van der Waals surface area contributed by atoms with Crippen LogP contribution in [0.4, 0.5) is 5.69 Å². The van der Waals surface area contributed by atoms with Gasteiger partial charge in [-0.05, 0) is 0 Å². The van der Waals surface area contributed by atoms with E-state index < -0.39 is 0 Å². The van der Waals surface area contributed by atoms with Crippen LogP contribution >= 0.6 is 0 Å². The molecule has 2 amide bonds. The zero-order chi connectivity index (χ0) is 14.7. The van der Waals surface area contributed by atoms with Gasteiger partial charge in [0.1, 0.15) is 6.61 Å². The first-order chi connectivity index (χ1) is 9.52. The third-order valence-electron chi connectivity index (χ3n) is 3.25.